The van der Waals surface area contributed by atoms with E-state index in [0.29, 0.717) is 5.56 Å². The molecule has 0 N–H and O–H groups in total. The molecule has 0 aromatic heterocycles. The number of hydrogen-bond acceptors (Lipinski definition) is 3. The monoisotopic (exact) mass is 297 g/mol. The third kappa shape index (κ3) is 3.11. The van der Waals surface area contributed by atoms with Crippen molar-refractivity contribution < 1.29 is 9.31 Å². The van der Waals surface area contributed by atoms with Gasteiger partial charge in [-0.1, -0.05) is 30.7 Å². The van der Waals surface area contributed by atoms with Gasteiger partial charge in [0.25, 0.3) is 0 Å². The van der Waals surface area contributed by atoms with E-state index in [1.807, 2.05) is 45.9 Å². The predicted octanol–water partition coefficient (Wildman–Crippen LogP) is 3.67. The van der Waals surface area contributed by atoms with Crippen molar-refractivity contribution in [2.75, 3.05) is 0 Å². The summed E-state index contributed by atoms with van der Waals surface area (Å²) >= 11 is 0. The third-order valence-corrected chi connectivity index (χ3v) is 4.68. The van der Waals surface area contributed by atoms with E-state index < -0.39 is 7.12 Å². The summed E-state index contributed by atoms with van der Waals surface area (Å²) in [7, 11) is -0.428. The van der Waals surface area contributed by atoms with Crippen LogP contribution in [-0.4, -0.2) is 18.3 Å². The van der Waals surface area contributed by atoms with Gasteiger partial charge in [-0.05, 0) is 58.1 Å². The number of nitriles is 1. The molecular formula is C18H24BNO2. The Morgan fingerprint density at radius 3 is 2.32 bits per heavy atom. The Balaban J connectivity index is 2.34. The van der Waals surface area contributed by atoms with Crippen molar-refractivity contribution in [1.29, 1.82) is 5.26 Å². The van der Waals surface area contributed by atoms with Gasteiger partial charge in [0, 0.05) is 0 Å². The lowest BCUT2D eigenvalue weighted by molar-refractivity contribution is 0.00578. The van der Waals surface area contributed by atoms with Gasteiger partial charge in [-0.2, -0.15) is 5.26 Å². The molecule has 1 aliphatic rings. The van der Waals surface area contributed by atoms with Gasteiger partial charge in [-0.25, -0.2) is 0 Å². The number of benzene rings is 1. The summed E-state index contributed by atoms with van der Waals surface area (Å²) in [5.41, 5.74) is 2.99. The highest BCUT2D eigenvalue weighted by Gasteiger charge is 2.51. The zero-order valence-electron chi connectivity index (χ0n) is 14.4. The summed E-state index contributed by atoms with van der Waals surface area (Å²) in [5.74, 6) is 0. The minimum Gasteiger partial charge on any atom is -0.399 e. The molecule has 1 heterocycles. The molecule has 116 valence electrons. The Hall–Kier alpha value is -1.57. The largest absolute Gasteiger partial charge is 0.494 e. The minimum atomic E-state index is -0.428. The molecule has 0 amide bonds. The quantitative estimate of drug-likeness (QED) is 0.799. The van der Waals surface area contributed by atoms with Gasteiger partial charge in [0.15, 0.2) is 0 Å². The number of allylic oxidation sites excluding steroid dienone is 1. The molecule has 1 aliphatic heterocycles. The van der Waals surface area contributed by atoms with Crippen LogP contribution in [0.5, 0.6) is 0 Å². The van der Waals surface area contributed by atoms with E-state index in [9.17, 15) is 5.26 Å². The van der Waals surface area contributed by atoms with Gasteiger partial charge in [-0.3, -0.25) is 0 Å². The van der Waals surface area contributed by atoms with Crippen LogP contribution in [0.3, 0.4) is 0 Å². The standard InChI is InChI=1S/C18H24BNO2/c1-7-13(2)10-14-8-9-16(11-15(14)12-20)19-21-17(3,4)18(5,6)22-19/h8-11H,7H2,1-6H3/b13-10-. The average Bonchev–Trinajstić information content (AvgIpc) is 2.67. The number of nitrogens with zero attached hydrogens (tertiary/aromatic N) is 1. The fourth-order valence-corrected chi connectivity index (χ4v) is 2.29. The molecule has 4 heteroatoms. The van der Waals surface area contributed by atoms with Crippen LogP contribution in [0.1, 0.15) is 59.1 Å². The molecule has 1 aromatic carbocycles. The molecule has 22 heavy (non-hydrogen) atoms. The molecule has 0 radical (unpaired) electrons. The molecule has 0 spiro atoms. The second-order valence-corrected chi connectivity index (χ2v) is 6.89. The molecule has 0 saturated carbocycles. The maximum absolute atomic E-state index is 9.42. The molecule has 0 bridgehead atoms. The Kier molecular flexibility index (Phi) is 4.51. The van der Waals surface area contributed by atoms with E-state index in [1.54, 1.807) is 0 Å². The van der Waals surface area contributed by atoms with Gasteiger partial charge >= 0.3 is 7.12 Å². The molecule has 0 aliphatic carbocycles. The van der Waals surface area contributed by atoms with Crippen LogP contribution in [0.4, 0.5) is 0 Å². The van der Waals surface area contributed by atoms with E-state index in [-0.39, 0.29) is 11.2 Å². The van der Waals surface area contributed by atoms with Crippen molar-refractivity contribution in [3.05, 3.63) is 34.9 Å². The maximum Gasteiger partial charge on any atom is 0.494 e. The van der Waals surface area contributed by atoms with Crippen LogP contribution >= 0.6 is 0 Å². The first kappa shape index (κ1) is 16.8. The first-order valence-electron chi connectivity index (χ1n) is 7.77. The average molecular weight is 297 g/mol. The third-order valence-electron chi connectivity index (χ3n) is 4.68. The molecule has 3 nitrogen and oxygen atoms in total. The minimum absolute atomic E-state index is 0.373. The fraction of sp³-hybridized carbons (Fsp3) is 0.500. The van der Waals surface area contributed by atoms with Crippen molar-refractivity contribution in [3.8, 4) is 6.07 Å². The van der Waals surface area contributed by atoms with Gasteiger partial charge in [-0.15, -0.1) is 0 Å². The van der Waals surface area contributed by atoms with Crippen molar-refractivity contribution in [2.24, 2.45) is 0 Å². The number of hydrogen-bond donors (Lipinski definition) is 0. The topological polar surface area (TPSA) is 42.2 Å². The first-order valence-corrected chi connectivity index (χ1v) is 7.77. The van der Waals surface area contributed by atoms with Crippen LogP contribution in [-0.2, 0) is 9.31 Å². The summed E-state index contributed by atoms with van der Waals surface area (Å²) in [6.45, 7) is 12.3. The van der Waals surface area contributed by atoms with Crippen molar-refractivity contribution in [2.45, 2.75) is 59.2 Å². The smallest absolute Gasteiger partial charge is 0.399 e. The van der Waals surface area contributed by atoms with Crippen molar-refractivity contribution >= 4 is 18.7 Å². The Labute approximate surface area is 134 Å². The van der Waals surface area contributed by atoms with E-state index >= 15 is 0 Å². The van der Waals surface area contributed by atoms with Crippen LogP contribution in [0, 0.1) is 11.3 Å². The molecule has 2 rings (SSSR count). The SMILES string of the molecule is CC/C(C)=C\c1ccc(B2OC(C)(C)C(C)(C)O2)cc1C#N. The first-order chi connectivity index (χ1) is 10.2. The second-order valence-electron chi connectivity index (χ2n) is 6.89. The van der Waals surface area contributed by atoms with Crippen LogP contribution in [0.25, 0.3) is 6.08 Å². The van der Waals surface area contributed by atoms with Crippen LogP contribution in [0.2, 0.25) is 0 Å². The zero-order chi connectivity index (χ0) is 16.5. The number of rotatable bonds is 3. The van der Waals surface area contributed by atoms with Crippen molar-refractivity contribution in [3.63, 3.8) is 0 Å². The molecule has 1 aromatic rings. The maximum atomic E-state index is 9.42. The zero-order valence-corrected chi connectivity index (χ0v) is 14.4. The van der Waals surface area contributed by atoms with E-state index in [0.717, 1.165) is 17.4 Å². The highest BCUT2D eigenvalue weighted by Crippen LogP contribution is 2.36. The molecule has 1 fully saturated rings. The van der Waals surface area contributed by atoms with Gasteiger partial charge in [0.2, 0.25) is 0 Å². The van der Waals surface area contributed by atoms with E-state index in [2.05, 4.69) is 26.0 Å². The van der Waals surface area contributed by atoms with Gasteiger partial charge in [0.1, 0.15) is 0 Å². The lowest BCUT2D eigenvalue weighted by Gasteiger charge is -2.32. The molecular weight excluding hydrogens is 273 g/mol. The normalized spacial score (nSPS) is 20.0. The summed E-state index contributed by atoms with van der Waals surface area (Å²) in [6, 6.07) is 8.10. The van der Waals surface area contributed by atoms with E-state index in [1.165, 1.54) is 5.57 Å². The second kappa shape index (κ2) is 5.91. The van der Waals surface area contributed by atoms with E-state index in [4.69, 9.17) is 9.31 Å². The van der Waals surface area contributed by atoms with Gasteiger partial charge in [0.05, 0.1) is 22.8 Å². The van der Waals surface area contributed by atoms with Gasteiger partial charge < -0.3 is 9.31 Å². The fourth-order valence-electron chi connectivity index (χ4n) is 2.29. The summed E-state index contributed by atoms with van der Waals surface area (Å²) < 4.78 is 12.1. The highest BCUT2D eigenvalue weighted by atomic mass is 16.7. The molecule has 0 unspecified atom stereocenters. The predicted molar refractivity (Wildman–Crippen MR) is 90.8 cm³/mol. The van der Waals surface area contributed by atoms with Crippen molar-refractivity contribution in [1.82, 2.24) is 0 Å². The lowest BCUT2D eigenvalue weighted by Crippen LogP contribution is -2.41. The Bertz CT molecular complexity index is 625. The van der Waals surface area contributed by atoms with Crippen LogP contribution in [0.15, 0.2) is 23.8 Å². The summed E-state index contributed by atoms with van der Waals surface area (Å²) in [6.07, 6.45) is 3.04. The highest BCUT2D eigenvalue weighted by molar-refractivity contribution is 6.62. The Morgan fingerprint density at radius 2 is 1.82 bits per heavy atom. The lowest BCUT2D eigenvalue weighted by atomic mass is 9.77. The Morgan fingerprint density at radius 1 is 1.23 bits per heavy atom. The molecule has 1 saturated heterocycles. The van der Waals surface area contributed by atoms with Crippen LogP contribution < -0.4 is 5.46 Å². The summed E-state index contributed by atoms with van der Waals surface area (Å²) in [4.78, 5) is 0. The molecule has 0 atom stereocenters. The summed E-state index contributed by atoms with van der Waals surface area (Å²) in [5, 5.41) is 9.42.